The second-order valence-electron chi connectivity index (χ2n) is 6.57. The number of rotatable bonds is 9. The molecule has 13 heteroatoms. The summed E-state index contributed by atoms with van der Waals surface area (Å²) in [5.41, 5.74) is 0.681. The average Bonchev–Trinajstić information content (AvgIpc) is 2.71. The lowest BCUT2D eigenvalue weighted by atomic mass is 10.1. The van der Waals surface area contributed by atoms with Crippen LogP contribution in [0.1, 0.15) is 22.8 Å². The van der Waals surface area contributed by atoms with Crippen molar-refractivity contribution < 1.29 is 40.7 Å². The molecule has 32 heavy (non-hydrogen) atoms. The van der Waals surface area contributed by atoms with Gasteiger partial charge in [-0.15, -0.1) is 0 Å². The second-order valence-corrected chi connectivity index (χ2v) is 8.13. The molecule has 0 aliphatic heterocycles. The molecule has 9 nitrogen and oxygen atoms in total. The van der Waals surface area contributed by atoms with Gasteiger partial charge in [0, 0.05) is 18.8 Å². The molecule has 1 amide bonds. The number of nitrogens with two attached hydrogens (primary N) is 1. The Labute approximate surface area is 181 Å². The largest absolute Gasteiger partial charge is 0.468 e. The van der Waals surface area contributed by atoms with Gasteiger partial charge in [-0.1, -0.05) is 12.1 Å². The zero-order chi connectivity index (χ0) is 23.9. The zero-order valence-corrected chi connectivity index (χ0v) is 17.6. The first kappa shape index (κ1) is 25.1. The van der Waals surface area contributed by atoms with Gasteiger partial charge >= 0.3 is 12.1 Å². The van der Waals surface area contributed by atoms with E-state index in [2.05, 4.69) is 15.0 Å². The lowest BCUT2D eigenvalue weighted by Gasteiger charge is -2.14. The van der Waals surface area contributed by atoms with Gasteiger partial charge in [0.2, 0.25) is 15.9 Å². The van der Waals surface area contributed by atoms with Crippen LogP contribution in [-0.4, -0.2) is 50.7 Å². The minimum atomic E-state index is -4.52. The van der Waals surface area contributed by atoms with Gasteiger partial charge in [0.05, 0.1) is 10.5 Å². The van der Waals surface area contributed by atoms with Crippen LogP contribution in [0.15, 0.2) is 47.5 Å². The predicted molar refractivity (Wildman–Crippen MR) is 105 cm³/mol. The van der Waals surface area contributed by atoms with Gasteiger partial charge in [0.15, 0.2) is 12.7 Å². The smallest absolute Gasteiger partial charge is 0.422 e. The number of ether oxygens (including phenoxy) is 2. The topological polar surface area (TPSA) is 138 Å². The molecule has 0 bridgehead atoms. The molecule has 1 unspecified atom stereocenters. The second kappa shape index (κ2) is 10.4. The molecule has 0 aliphatic rings. The van der Waals surface area contributed by atoms with Gasteiger partial charge < -0.3 is 14.8 Å². The summed E-state index contributed by atoms with van der Waals surface area (Å²) in [5, 5.41) is 7.59. The third kappa shape index (κ3) is 8.15. The van der Waals surface area contributed by atoms with Crippen LogP contribution < -0.4 is 15.2 Å². The number of hydrogen-bond donors (Lipinski definition) is 2. The SMILES string of the molecule is CC(OC(=O)c1ccc(OCC(F)(F)F)nc1)C(=O)NCCc1ccc(S(N)(=O)=O)cc1. The molecule has 0 radical (unpaired) electrons. The molecule has 1 aromatic heterocycles. The fourth-order valence-corrected chi connectivity index (χ4v) is 2.86. The number of sulfonamides is 1. The summed E-state index contributed by atoms with van der Waals surface area (Å²) in [4.78, 5) is 27.7. The summed E-state index contributed by atoms with van der Waals surface area (Å²) >= 11 is 0. The Morgan fingerprint density at radius 2 is 1.81 bits per heavy atom. The lowest BCUT2D eigenvalue weighted by molar-refractivity contribution is -0.154. The number of pyridine rings is 1. The molecule has 0 saturated carbocycles. The maximum atomic E-state index is 12.1. The van der Waals surface area contributed by atoms with Crippen LogP contribution in [0.4, 0.5) is 13.2 Å². The van der Waals surface area contributed by atoms with E-state index in [1.165, 1.54) is 19.1 Å². The van der Waals surface area contributed by atoms with Gasteiger partial charge in [0.25, 0.3) is 5.91 Å². The van der Waals surface area contributed by atoms with E-state index < -0.39 is 40.8 Å². The minimum absolute atomic E-state index is 0.0275. The summed E-state index contributed by atoms with van der Waals surface area (Å²) in [6, 6.07) is 8.06. The van der Waals surface area contributed by atoms with Gasteiger partial charge in [-0.05, 0) is 37.1 Å². The van der Waals surface area contributed by atoms with E-state index in [0.29, 0.717) is 6.42 Å². The van der Waals surface area contributed by atoms with Crippen LogP contribution >= 0.6 is 0 Å². The molecule has 0 fully saturated rings. The highest BCUT2D eigenvalue weighted by atomic mass is 32.2. The molecule has 0 saturated heterocycles. The number of hydrogen-bond acceptors (Lipinski definition) is 7. The van der Waals surface area contributed by atoms with E-state index in [-0.39, 0.29) is 22.9 Å². The van der Waals surface area contributed by atoms with Gasteiger partial charge in [-0.2, -0.15) is 13.2 Å². The number of alkyl halides is 3. The summed E-state index contributed by atoms with van der Waals surface area (Å²) in [6.07, 6.45) is -4.30. The molecule has 1 heterocycles. The first-order valence-corrected chi connectivity index (χ1v) is 10.7. The number of esters is 1. The first-order chi connectivity index (χ1) is 14.8. The van der Waals surface area contributed by atoms with Gasteiger partial charge in [-0.3, -0.25) is 4.79 Å². The highest BCUT2D eigenvalue weighted by Crippen LogP contribution is 2.17. The van der Waals surface area contributed by atoms with Crippen LogP contribution in [0, 0.1) is 0 Å². The van der Waals surface area contributed by atoms with E-state index in [4.69, 9.17) is 9.88 Å². The molecular weight excluding hydrogens is 455 g/mol. The van der Waals surface area contributed by atoms with E-state index in [1.807, 2.05) is 0 Å². The average molecular weight is 475 g/mol. The molecule has 1 atom stereocenters. The fraction of sp³-hybridized carbons (Fsp3) is 0.316. The normalized spacial score (nSPS) is 12.7. The molecule has 2 rings (SSSR count). The van der Waals surface area contributed by atoms with Crippen molar-refractivity contribution in [1.29, 1.82) is 0 Å². The van der Waals surface area contributed by atoms with Crippen molar-refractivity contribution in [1.82, 2.24) is 10.3 Å². The summed E-state index contributed by atoms with van der Waals surface area (Å²) in [6.45, 7) is 0.0296. The van der Waals surface area contributed by atoms with E-state index in [0.717, 1.165) is 23.9 Å². The molecule has 2 aromatic rings. The van der Waals surface area contributed by atoms with Crippen molar-refractivity contribution in [3.8, 4) is 5.88 Å². The number of amides is 1. The standard InChI is InChI=1S/C19H20F3N3O6S/c1-12(17(26)24-9-8-13-2-5-15(6-3-13)32(23,28)29)31-18(27)14-4-7-16(25-10-14)30-11-19(20,21)22/h2-7,10,12H,8-9,11H2,1H3,(H,24,26)(H2,23,28,29). The Kier molecular flexibility index (Phi) is 8.16. The van der Waals surface area contributed by atoms with Crippen molar-refractivity contribution in [2.45, 2.75) is 30.5 Å². The minimum Gasteiger partial charge on any atom is -0.468 e. The van der Waals surface area contributed by atoms with Crippen LogP contribution in [0.3, 0.4) is 0 Å². The van der Waals surface area contributed by atoms with Crippen molar-refractivity contribution in [2.24, 2.45) is 5.14 Å². The van der Waals surface area contributed by atoms with Crippen molar-refractivity contribution in [3.63, 3.8) is 0 Å². The number of aromatic nitrogens is 1. The monoisotopic (exact) mass is 475 g/mol. The van der Waals surface area contributed by atoms with Crippen LogP contribution in [-0.2, 0) is 26.0 Å². The Morgan fingerprint density at radius 1 is 1.16 bits per heavy atom. The molecule has 1 aromatic carbocycles. The summed E-state index contributed by atoms with van der Waals surface area (Å²) in [5.74, 6) is -1.78. The Hall–Kier alpha value is -3.19. The van der Waals surface area contributed by atoms with Crippen molar-refractivity contribution in [3.05, 3.63) is 53.7 Å². The molecule has 174 valence electrons. The quantitative estimate of drug-likeness (QED) is 0.525. The van der Waals surface area contributed by atoms with Crippen LogP contribution in [0.25, 0.3) is 0 Å². The highest BCUT2D eigenvalue weighted by Gasteiger charge is 2.28. The number of nitrogens with one attached hydrogen (secondary N) is 1. The van der Waals surface area contributed by atoms with Crippen molar-refractivity contribution in [2.75, 3.05) is 13.2 Å². The number of primary sulfonamides is 1. The van der Waals surface area contributed by atoms with Gasteiger partial charge in [0.1, 0.15) is 0 Å². The first-order valence-electron chi connectivity index (χ1n) is 9.11. The maximum absolute atomic E-state index is 12.1. The molecule has 0 spiro atoms. The highest BCUT2D eigenvalue weighted by molar-refractivity contribution is 7.89. The lowest BCUT2D eigenvalue weighted by Crippen LogP contribution is -2.36. The number of nitrogens with zero attached hydrogens (tertiary/aromatic N) is 1. The third-order valence-corrected chi connectivity index (χ3v) is 4.90. The molecular formula is C19H20F3N3O6S. The van der Waals surface area contributed by atoms with Crippen LogP contribution in [0.2, 0.25) is 0 Å². The Balaban J connectivity index is 1.79. The van der Waals surface area contributed by atoms with E-state index in [1.54, 1.807) is 12.1 Å². The summed E-state index contributed by atoms with van der Waals surface area (Å²) < 4.78 is 68.3. The van der Waals surface area contributed by atoms with E-state index >= 15 is 0 Å². The van der Waals surface area contributed by atoms with Gasteiger partial charge in [-0.25, -0.2) is 23.3 Å². The third-order valence-electron chi connectivity index (χ3n) is 3.97. The molecule has 0 aliphatic carbocycles. The predicted octanol–water partition coefficient (Wildman–Crippen LogP) is 1.57. The Bertz CT molecular complexity index is 1040. The number of carbonyl (C=O) groups is 2. The zero-order valence-electron chi connectivity index (χ0n) is 16.8. The molecule has 3 N–H and O–H groups in total. The number of benzene rings is 1. The maximum Gasteiger partial charge on any atom is 0.422 e. The van der Waals surface area contributed by atoms with Crippen LogP contribution in [0.5, 0.6) is 5.88 Å². The van der Waals surface area contributed by atoms with Crippen molar-refractivity contribution >= 4 is 21.9 Å². The Morgan fingerprint density at radius 3 is 2.34 bits per heavy atom. The van der Waals surface area contributed by atoms with E-state index in [9.17, 15) is 31.2 Å². The summed E-state index contributed by atoms with van der Waals surface area (Å²) in [7, 11) is -3.79. The number of carbonyl (C=O) groups excluding carboxylic acids is 2. The number of halogens is 3. The fourth-order valence-electron chi connectivity index (χ4n) is 2.34.